The summed E-state index contributed by atoms with van der Waals surface area (Å²) in [6.45, 7) is 0.268. The third-order valence-corrected chi connectivity index (χ3v) is 4.91. The van der Waals surface area contributed by atoms with Gasteiger partial charge in [-0.15, -0.1) is 0 Å². The van der Waals surface area contributed by atoms with E-state index in [9.17, 15) is 4.79 Å². The smallest absolute Gasteiger partial charge is 0.316 e. The van der Waals surface area contributed by atoms with Crippen molar-refractivity contribution in [3.05, 3.63) is 78.5 Å². The summed E-state index contributed by atoms with van der Waals surface area (Å²) < 4.78 is 5.44. The van der Waals surface area contributed by atoms with Crippen LogP contribution in [0.1, 0.15) is 5.56 Å². The molecule has 3 aromatic carbocycles. The highest BCUT2D eigenvalue weighted by molar-refractivity contribution is 7.99. The summed E-state index contributed by atoms with van der Waals surface area (Å²) in [5.74, 6) is -0.0597. The number of carbonyl (C=O) groups is 1. The lowest BCUT2D eigenvalue weighted by Crippen LogP contribution is -2.07. The number of aromatic nitrogens is 2. The normalized spacial score (nSPS) is 10.9. The molecular formula is C21H16N2O2S. The zero-order valence-corrected chi connectivity index (χ0v) is 14.8. The number of ether oxygens (including phenoxy) is 1. The van der Waals surface area contributed by atoms with Crippen LogP contribution in [-0.2, 0) is 16.1 Å². The van der Waals surface area contributed by atoms with E-state index < -0.39 is 0 Å². The van der Waals surface area contributed by atoms with Crippen LogP contribution in [0.15, 0.2) is 78.0 Å². The molecule has 0 unspecified atom stereocenters. The van der Waals surface area contributed by atoms with E-state index in [2.05, 4.69) is 22.1 Å². The van der Waals surface area contributed by atoms with Gasteiger partial charge in [-0.3, -0.25) is 9.78 Å². The first-order valence-corrected chi connectivity index (χ1v) is 9.25. The second-order valence-electron chi connectivity index (χ2n) is 5.78. The molecule has 0 aliphatic heterocycles. The van der Waals surface area contributed by atoms with E-state index in [1.807, 2.05) is 54.6 Å². The first kappa shape index (κ1) is 16.5. The fourth-order valence-electron chi connectivity index (χ4n) is 2.76. The van der Waals surface area contributed by atoms with Crippen molar-refractivity contribution in [2.45, 2.75) is 11.6 Å². The zero-order valence-electron chi connectivity index (χ0n) is 14.0. The molecule has 0 aliphatic carbocycles. The number of fused-ring (bicyclic) bond motifs is 2. The molecule has 0 N–H and O–H groups in total. The van der Waals surface area contributed by atoms with Crippen molar-refractivity contribution >= 4 is 39.5 Å². The summed E-state index contributed by atoms with van der Waals surface area (Å²) >= 11 is 1.33. The first-order valence-electron chi connectivity index (χ1n) is 8.26. The van der Waals surface area contributed by atoms with Crippen molar-refractivity contribution in [2.75, 3.05) is 5.75 Å². The predicted molar refractivity (Wildman–Crippen MR) is 104 cm³/mol. The van der Waals surface area contributed by atoms with Crippen molar-refractivity contribution in [1.82, 2.24) is 9.97 Å². The van der Waals surface area contributed by atoms with E-state index in [1.54, 1.807) is 6.20 Å². The van der Waals surface area contributed by atoms with Gasteiger partial charge in [0, 0.05) is 0 Å². The molecule has 0 amide bonds. The molecule has 4 nitrogen and oxygen atoms in total. The van der Waals surface area contributed by atoms with Gasteiger partial charge in [0.25, 0.3) is 0 Å². The van der Waals surface area contributed by atoms with E-state index in [0.717, 1.165) is 27.4 Å². The van der Waals surface area contributed by atoms with Crippen LogP contribution in [-0.4, -0.2) is 21.7 Å². The van der Waals surface area contributed by atoms with Gasteiger partial charge in [-0.05, 0) is 28.5 Å². The van der Waals surface area contributed by atoms with Gasteiger partial charge in [0.05, 0.1) is 23.0 Å². The highest BCUT2D eigenvalue weighted by Gasteiger charge is 2.08. The number of esters is 1. The number of thioether (sulfide) groups is 1. The maximum absolute atomic E-state index is 12.1. The Balaban J connectivity index is 1.37. The summed E-state index contributed by atoms with van der Waals surface area (Å²) in [4.78, 5) is 20.9. The summed E-state index contributed by atoms with van der Waals surface area (Å²) in [6, 6.07) is 21.8. The molecule has 0 bridgehead atoms. The topological polar surface area (TPSA) is 52.1 Å². The summed E-state index contributed by atoms with van der Waals surface area (Å²) in [6.07, 6.45) is 1.69. The Morgan fingerprint density at radius 2 is 1.69 bits per heavy atom. The molecule has 0 fully saturated rings. The van der Waals surface area contributed by atoms with Gasteiger partial charge in [-0.2, -0.15) is 0 Å². The van der Waals surface area contributed by atoms with Crippen molar-refractivity contribution in [1.29, 1.82) is 0 Å². The molecule has 5 heteroatoms. The lowest BCUT2D eigenvalue weighted by molar-refractivity contribution is -0.141. The molecule has 0 atom stereocenters. The maximum atomic E-state index is 12.1. The van der Waals surface area contributed by atoms with E-state index in [-0.39, 0.29) is 18.3 Å². The van der Waals surface area contributed by atoms with Gasteiger partial charge in [0.1, 0.15) is 11.6 Å². The van der Waals surface area contributed by atoms with Gasteiger partial charge in [-0.1, -0.05) is 66.4 Å². The summed E-state index contributed by atoms with van der Waals surface area (Å²) in [5, 5.41) is 2.96. The van der Waals surface area contributed by atoms with E-state index in [0.29, 0.717) is 5.03 Å². The fraction of sp³-hybridized carbons (Fsp3) is 0.0952. The molecule has 4 aromatic rings. The van der Waals surface area contributed by atoms with Crippen LogP contribution in [0.4, 0.5) is 0 Å². The molecule has 0 radical (unpaired) electrons. The molecule has 1 heterocycles. The van der Waals surface area contributed by atoms with Crippen molar-refractivity contribution in [3.63, 3.8) is 0 Å². The Bertz CT molecular complexity index is 1080. The second kappa shape index (κ2) is 7.54. The number of hydrogen-bond acceptors (Lipinski definition) is 5. The second-order valence-corrected chi connectivity index (χ2v) is 6.78. The van der Waals surface area contributed by atoms with Crippen molar-refractivity contribution < 1.29 is 9.53 Å². The van der Waals surface area contributed by atoms with Gasteiger partial charge < -0.3 is 4.74 Å². The van der Waals surface area contributed by atoms with E-state index in [4.69, 9.17) is 4.74 Å². The van der Waals surface area contributed by atoms with Crippen LogP contribution in [0.3, 0.4) is 0 Å². The van der Waals surface area contributed by atoms with Gasteiger partial charge in [0.2, 0.25) is 0 Å². The van der Waals surface area contributed by atoms with Crippen LogP contribution < -0.4 is 0 Å². The molecular weight excluding hydrogens is 344 g/mol. The van der Waals surface area contributed by atoms with Crippen LogP contribution in [0, 0.1) is 0 Å². The van der Waals surface area contributed by atoms with Crippen molar-refractivity contribution in [3.8, 4) is 0 Å². The summed E-state index contributed by atoms with van der Waals surface area (Å²) in [7, 11) is 0. The molecule has 4 rings (SSSR count). The Kier molecular flexibility index (Phi) is 4.80. The van der Waals surface area contributed by atoms with Crippen LogP contribution in [0.2, 0.25) is 0 Å². The minimum absolute atomic E-state index is 0.206. The van der Waals surface area contributed by atoms with Crippen LogP contribution in [0.5, 0.6) is 0 Å². The SMILES string of the molecule is O=C(CSc1cnc2ccccc2n1)OCc1cccc2ccccc12. The Morgan fingerprint density at radius 1 is 0.923 bits per heavy atom. The largest absolute Gasteiger partial charge is 0.460 e. The zero-order chi connectivity index (χ0) is 17.8. The number of para-hydroxylation sites is 2. The van der Waals surface area contributed by atoms with Gasteiger partial charge in [-0.25, -0.2) is 4.98 Å². The molecule has 0 aliphatic rings. The number of hydrogen-bond donors (Lipinski definition) is 0. The number of rotatable bonds is 5. The standard InChI is InChI=1S/C21H16N2O2S/c24-21(14-26-20-12-22-18-10-3-4-11-19(18)23-20)25-13-16-8-5-7-15-6-1-2-9-17(15)16/h1-12H,13-14H2. The molecule has 1 aromatic heterocycles. The van der Waals surface area contributed by atoms with Gasteiger partial charge in [0.15, 0.2) is 0 Å². The average Bonchev–Trinajstić information content (AvgIpc) is 2.70. The minimum atomic E-state index is -0.266. The Morgan fingerprint density at radius 3 is 2.62 bits per heavy atom. The number of nitrogens with zero attached hydrogens (tertiary/aromatic N) is 2. The highest BCUT2D eigenvalue weighted by atomic mass is 32.2. The summed E-state index contributed by atoms with van der Waals surface area (Å²) in [5.41, 5.74) is 2.67. The fourth-order valence-corrected chi connectivity index (χ4v) is 3.40. The third kappa shape index (κ3) is 3.68. The van der Waals surface area contributed by atoms with Crippen LogP contribution >= 0.6 is 11.8 Å². The quantitative estimate of drug-likeness (QED) is 0.384. The Hall–Kier alpha value is -2.92. The Labute approximate surface area is 155 Å². The van der Waals surface area contributed by atoms with E-state index >= 15 is 0 Å². The molecule has 0 spiro atoms. The molecule has 128 valence electrons. The first-order chi connectivity index (χ1) is 12.8. The monoisotopic (exact) mass is 360 g/mol. The van der Waals surface area contributed by atoms with E-state index in [1.165, 1.54) is 11.8 Å². The minimum Gasteiger partial charge on any atom is -0.460 e. The average molecular weight is 360 g/mol. The number of benzene rings is 3. The molecule has 26 heavy (non-hydrogen) atoms. The predicted octanol–water partition coefficient (Wildman–Crippen LogP) is 4.62. The lowest BCUT2D eigenvalue weighted by Gasteiger charge is -2.08. The third-order valence-electron chi connectivity index (χ3n) is 4.03. The lowest BCUT2D eigenvalue weighted by atomic mass is 10.1. The molecule has 0 saturated heterocycles. The highest BCUT2D eigenvalue weighted by Crippen LogP contribution is 2.21. The number of carbonyl (C=O) groups excluding carboxylic acids is 1. The van der Waals surface area contributed by atoms with Crippen molar-refractivity contribution in [2.24, 2.45) is 0 Å². The van der Waals surface area contributed by atoms with Gasteiger partial charge >= 0.3 is 5.97 Å². The maximum Gasteiger partial charge on any atom is 0.316 e. The van der Waals surface area contributed by atoms with Crippen LogP contribution in [0.25, 0.3) is 21.8 Å². The molecule has 0 saturated carbocycles.